The first-order valence-electron chi connectivity index (χ1n) is 8.19. The second-order valence-electron chi connectivity index (χ2n) is 6.27. The van der Waals surface area contributed by atoms with E-state index in [9.17, 15) is 4.79 Å². The Balaban J connectivity index is 1.31. The highest BCUT2D eigenvalue weighted by molar-refractivity contribution is 6.01. The van der Waals surface area contributed by atoms with Gasteiger partial charge in [-0.25, -0.2) is 5.43 Å². The van der Waals surface area contributed by atoms with E-state index in [2.05, 4.69) is 55.6 Å². The van der Waals surface area contributed by atoms with E-state index >= 15 is 0 Å². The van der Waals surface area contributed by atoms with Gasteiger partial charge >= 0.3 is 0 Å². The minimum absolute atomic E-state index is 0.0249. The van der Waals surface area contributed by atoms with Gasteiger partial charge in [-0.2, -0.15) is 0 Å². The van der Waals surface area contributed by atoms with Crippen molar-refractivity contribution in [3.63, 3.8) is 0 Å². The van der Waals surface area contributed by atoms with Crippen LogP contribution in [0.3, 0.4) is 0 Å². The highest BCUT2D eigenvalue weighted by Crippen LogP contribution is 2.18. The maximum atomic E-state index is 12.0. The summed E-state index contributed by atoms with van der Waals surface area (Å²) in [6, 6.07) is 8.63. The second-order valence-corrected chi connectivity index (χ2v) is 6.27. The van der Waals surface area contributed by atoms with Crippen LogP contribution in [-0.4, -0.2) is 49.1 Å². The van der Waals surface area contributed by atoms with E-state index in [1.165, 1.54) is 11.1 Å². The van der Waals surface area contributed by atoms with Crippen molar-refractivity contribution < 1.29 is 4.79 Å². The standard InChI is InChI=1S/C16H22N6O/c23-15-13-9-18-21-14(13)19-16(20-15)17-6-8-22-7-5-11-3-1-2-4-12(11)10-22/h1-4,13-14,18,21H,5-10H2,(H2,17,19,20,23). The van der Waals surface area contributed by atoms with Gasteiger partial charge in [0.05, 0.1) is 12.5 Å². The number of hydrogen-bond donors (Lipinski definition) is 4. The Bertz CT molecular complexity index is 631. The number of amides is 1. The van der Waals surface area contributed by atoms with Crippen LogP contribution in [0, 0.1) is 5.92 Å². The Morgan fingerprint density at radius 3 is 3.04 bits per heavy atom. The normalized spacial score (nSPS) is 28.9. The molecule has 122 valence electrons. The zero-order valence-electron chi connectivity index (χ0n) is 13.0. The largest absolute Gasteiger partial charge is 0.339 e. The third kappa shape index (κ3) is 3.08. The quantitative estimate of drug-likeness (QED) is 0.586. The van der Waals surface area contributed by atoms with Crippen LogP contribution in [-0.2, 0) is 17.8 Å². The van der Waals surface area contributed by atoms with Crippen molar-refractivity contribution in [2.75, 3.05) is 26.2 Å². The number of benzene rings is 1. The Labute approximate surface area is 135 Å². The fourth-order valence-electron chi connectivity index (χ4n) is 3.40. The lowest BCUT2D eigenvalue weighted by atomic mass is 10.00. The van der Waals surface area contributed by atoms with Crippen molar-refractivity contribution in [3.8, 4) is 0 Å². The number of guanidine groups is 1. The zero-order valence-corrected chi connectivity index (χ0v) is 13.0. The van der Waals surface area contributed by atoms with Crippen LogP contribution < -0.4 is 21.5 Å². The highest BCUT2D eigenvalue weighted by atomic mass is 16.2. The molecule has 3 aliphatic heterocycles. The average Bonchev–Trinajstić information content (AvgIpc) is 3.04. The van der Waals surface area contributed by atoms with Gasteiger partial charge in [0.15, 0.2) is 5.96 Å². The smallest absolute Gasteiger partial charge is 0.234 e. The lowest BCUT2D eigenvalue weighted by Gasteiger charge is -2.29. The average molecular weight is 314 g/mol. The number of carbonyl (C=O) groups is 1. The molecule has 1 amide bonds. The molecule has 0 spiro atoms. The molecule has 3 aliphatic rings. The molecule has 7 nitrogen and oxygen atoms in total. The van der Waals surface area contributed by atoms with Gasteiger partial charge in [0.1, 0.15) is 6.17 Å². The van der Waals surface area contributed by atoms with Crippen LogP contribution in [0.15, 0.2) is 29.3 Å². The number of fused-ring (bicyclic) bond motifs is 2. The van der Waals surface area contributed by atoms with Crippen molar-refractivity contribution in [3.05, 3.63) is 35.4 Å². The van der Waals surface area contributed by atoms with Crippen LogP contribution in [0.4, 0.5) is 0 Å². The first-order chi connectivity index (χ1) is 11.3. The second kappa shape index (κ2) is 6.27. The lowest BCUT2D eigenvalue weighted by Crippen LogP contribution is -2.61. The molecule has 1 aromatic rings. The molecule has 2 atom stereocenters. The molecule has 0 aromatic heterocycles. The van der Waals surface area contributed by atoms with E-state index in [0.717, 1.165) is 26.1 Å². The molecule has 3 heterocycles. The molecule has 4 rings (SSSR count). The summed E-state index contributed by atoms with van der Waals surface area (Å²) in [7, 11) is 0. The number of hydrazine groups is 1. The van der Waals surface area contributed by atoms with E-state index in [-0.39, 0.29) is 18.0 Å². The van der Waals surface area contributed by atoms with Crippen molar-refractivity contribution in [1.82, 2.24) is 26.4 Å². The Hall–Kier alpha value is -1.96. The molecule has 2 fully saturated rings. The molecule has 2 saturated heterocycles. The van der Waals surface area contributed by atoms with E-state index in [4.69, 9.17) is 0 Å². The fourth-order valence-corrected chi connectivity index (χ4v) is 3.40. The third-order valence-electron chi connectivity index (χ3n) is 4.75. The number of rotatable bonds is 3. The number of aliphatic imine (C=N–C) groups is 1. The van der Waals surface area contributed by atoms with Gasteiger partial charge in [-0.3, -0.25) is 25.4 Å². The van der Waals surface area contributed by atoms with Crippen molar-refractivity contribution in [2.45, 2.75) is 19.1 Å². The molecular weight excluding hydrogens is 292 g/mol. The number of nitrogens with one attached hydrogen (secondary N) is 4. The minimum Gasteiger partial charge on any atom is -0.339 e. The van der Waals surface area contributed by atoms with E-state index < -0.39 is 0 Å². The number of nitrogens with zero attached hydrogens (tertiary/aromatic N) is 2. The predicted molar refractivity (Wildman–Crippen MR) is 87.4 cm³/mol. The summed E-state index contributed by atoms with van der Waals surface area (Å²) in [5.74, 6) is 0.523. The van der Waals surface area contributed by atoms with Gasteiger partial charge in [-0.05, 0) is 17.5 Å². The maximum absolute atomic E-state index is 12.0. The van der Waals surface area contributed by atoms with Crippen LogP contribution >= 0.6 is 0 Å². The van der Waals surface area contributed by atoms with Gasteiger partial charge in [0.25, 0.3) is 0 Å². The summed E-state index contributed by atoms with van der Waals surface area (Å²) in [5, 5.41) is 6.07. The molecule has 23 heavy (non-hydrogen) atoms. The maximum Gasteiger partial charge on any atom is 0.234 e. The van der Waals surface area contributed by atoms with E-state index in [0.29, 0.717) is 19.0 Å². The van der Waals surface area contributed by atoms with Gasteiger partial charge in [-0.1, -0.05) is 24.3 Å². The van der Waals surface area contributed by atoms with Gasteiger partial charge < -0.3 is 5.32 Å². The third-order valence-corrected chi connectivity index (χ3v) is 4.75. The fraction of sp³-hybridized carbons (Fsp3) is 0.500. The number of hydrogen-bond acceptors (Lipinski definition) is 5. The van der Waals surface area contributed by atoms with Gasteiger partial charge in [0, 0.05) is 26.2 Å². The number of carbonyl (C=O) groups excluding carboxylic acids is 1. The Kier molecular flexibility index (Phi) is 3.99. The van der Waals surface area contributed by atoms with Crippen molar-refractivity contribution >= 4 is 11.9 Å². The summed E-state index contributed by atoms with van der Waals surface area (Å²) in [6.07, 6.45) is 1.03. The monoisotopic (exact) mass is 314 g/mol. The molecule has 7 heteroatoms. The highest BCUT2D eigenvalue weighted by Gasteiger charge is 2.37. The van der Waals surface area contributed by atoms with Crippen LogP contribution in [0.1, 0.15) is 11.1 Å². The van der Waals surface area contributed by atoms with Crippen molar-refractivity contribution in [2.24, 2.45) is 10.9 Å². The molecular formula is C16H22N6O. The molecule has 0 bridgehead atoms. The summed E-state index contributed by atoms with van der Waals surface area (Å²) in [6.45, 7) is 4.27. The first kappa shape index (κ1) is 14.6. The zero-order chi connectivity index (χ0) is 15.6. The molecule has 4 N–H and O–H groups in total. The van der Waals surface area contributed by atoms with Gasteiger partial charge in [0.2, 0.25) is 5.91 Å². The SMILES string of the molecule is O=C1NC(=NCCN2CCc3ccccc3C2)NC2NNCC12. The molecule has 0 saturated carbocycles. The molecule has 0 aliphatic carbocycles. The topological polar surface area (TPSA) is 80.8 Å². The molecule has 1 aromatic carbocycles. The predicted octanol–water partition coefficient (Wildman–Crippen LogP) is -0.830. The van der Waals surface area contributed by atoms with Crippen LogP contribution in [0.5, 0.6) is 0 Å². The lowest BCUT2D eigenvalue weighted by molar-refractivity contribution is -0.124. The summed E-state index contributed by atoms with van der Waals surface area (Å²) >= 11 is 0. The summed E-state index contributed by atoms with van der Waals surface area (Å²) in [4.78, 5) is 18.9. The Morgan fingerprint density at radius 1 is 1.26 bits per heavy atom. The van der Waals surface area contributed by atoms with E-state index in [1.807, 2.05) is 0 Å². The molecule has 0 radical (unpaired) electrons. The summed E-state index contributed by atoms with van der Waals surface area (Å²) in [5.41, 5.74) is 8.93. The van der Waals surface area contributed by atoms with Crippen LogP contribution in [0.2, 0.25) is 0 Å². The van der Waals surface area contributed by atoms with E-state index in [1.54, 1.807) is 0 Å². The first-order valence-corrected chi connectivity index (χ1v) is 8.19. The van der Waals surface area contributed by atoms with Crippen LogP contribution in [0.25, 0.3) is 0 Å². The summed E-state index contributed by atoms with van der Waals surface area (Å²) < 4.78 is 0. The Morgan fingerprint density at radius 2 is 2.13 bits per heavy atom. The van der Waals surface area contributed by atoms with Gasteiger partial charge in [-0.15, -0.1) is 0 Å². The molecule has 2 unspecified atom stereocenters. The minimum atomic E-state index is -0.0763. The van der Waals surface area contributed by atoms with Crippen molar-refractivity contribution in [1.29, 1.82) is 0 Å².